The van der Waals surface area contributed by atoms with Crippen molar-refractivity contribution in [2.24, 2.45) is 0 Å². The van der Waals surface area contributed by atoms with Gasteiger partial charge in [0, 0.05) is 11.0 Å². The van der Waals surface area contributed by atoms with Crippen molar-refractivity contribution in [2.45, 2.75) is 37.3 Å². The highest BCUT2D eigenvalue weighted by Gasteiger charge is 2.53. The number of amides is 1. The molecule has 1 aromatic carbocycles. The average Bonchev–Trinajstić information content (AvgIpc) is 2.95. The second-order valence-electron chi connectivity index (χ2n) is 5.08. The Bertz CT molecular complexity index is 467. The van der Waals surface area contributed by atoms with Crippen LogP contribution in [-0.2, 0) is 16.1 Å². The van der Waals surface area contributed by atoms with Gasteiger partial charge in [-0.3, -0.25) is 4.79 Å². The monoisotopic (exact) mass is 373 g/mol. The van der Waals surface area contributed by atoms with Crippen LogP contribution in [0.5, 0.6) is 0 Å². The first kappa shape index (κ1) is 13.3. The van der Waals surface area contributed by atoms with Crippen LogP contribution in [0, 0.1) is 0 Å². The molecular weight excluding hydrogens is 357 g/mol. The number of alkyl halides is 1. The minimum atomic E-state index is -0.998. The van der Waals surface area contributed by atoms with Gasteiger partial charge in [0.05, 0.1) is 12.1 Å². The molecule has 3 rings (SSSR count). The van der Waals surface area contributed by atoms with Gasteiger partial charge in [0.25, 0.3) is 5.91 Å². The molecule has 19 heavy (non-hydrogen) atoms. The van der Waals surface area contributed by atoms with Crippen LogP contribution in [0.1, 0.15) is 12.0 Å². The largest absolute Gasteiger partial charge is 0.380 e. The predicted molar refractivity (Wildman–Crippen MR) is 79.0 cm³/mol. The van der Waals surface area contributed by atoms with E-state index in [2.05, 4.69) is 22.6 Å². The van der Waals surface area contributed by atoms with Crippen molar-refractivity contribution in [3.63, 3.8) is 0 Å². The highest BCUT2D eigenvalue weighted by atomic mass is 127. The van der Waals surface area contributed by atoms with Crippen molar-refractivity contribution in [3.8, 4) is 0 Å². The van der Waals surface area contributed by atoms with E-state index in [1.807, 2.05) is 30.3 Å². The summed E-state index contributed by atoms with van der Waals surface area (Å²) in [6.07, 6.45) is -0.377. The average molecular weight is 373 g/mol. The summed E-state index contributed by atoms with van der Waals surface area (Å²) in [7, 11) is 0. The molecule has 4 atom stereocenters. The quantitative estimate of drug-likeness (QED) is 0.643. The van der Waals surface area contributed by atoms with E-state index in [0.717, 1.165) is 16.4 Å². The number of fused-ring (bicyclic) bond motifs is 1. The zero-order valence-electron chi connectivity index (χ0n) is 10.4. The predicted octanol–water partition coefficient (Wildman–Crippen LogP) is 1.35. The minimum Gasteiger partial charge on any atom is -0.380 e. The van der Waals surface area contributed by atoms with Gasteiger partial charge in [-0.25, -0.2) is 0 Å². The number of hydrogen-bond acceptors (Lipinski definition) is 3. The zero-order chi connectivity index (χ0) is 13.4. The van der Waals surface area contributed by atoms with Crippen molar-refractivity contribution < 1.29 is 14.6 Å². The van der Waals surface area contributed by atoms with Crippen molar-refractivity contribution >= 4 is 28.5 Å². The molecule has 5 heteroatoms. The molecule has 2 aliphatic rings. The van der Waals surface area contributed by atoms with Crippen LogP contribution in [0.2, 0.25) is 0 Å². The van der Waals surface area contributed by atoms with Gasteiger partial charge in [-0.15, -0.1) is 0 Å². The summed E-state index contributed by atoms with van der Waals surface area (Å²) < 4.78 is 6.66. The molecular formula is C14H16INO3. The lowest BCUT2D eigenvalue weighted by Crippen LogP contribution is -2.35. The SMILES string of the molecule is O=C1C(O)C2OC(CI)CC2N1Cc1ccccc1. The van der Waals surface area contributed by atoms with E-state index >= 15 is 0 Å². The molecule has 0 spiro atoms. The Morgan fingerprint density at radius 2 is 2.11 bits per heavy atom. The second kappa shape index (κ2) is 5.38. The second-order valence-corrected chi connectivity index (χ2v) is 5.96. The number of benzene rings is 1. The van der Waals surface area contributed by atoms with E-state index in [0.29, 0.717) is 6.54 Å². The maximum absolute atomic E-state index is 12.1. The van der Waals surface area contributed by atoms with Gasteiger partial charge in [0.1, 0.15) is 6.10 Å². The number of aliphatic hydroxyl groups excluding tert-OH is 1. The van der Waals surface area contributed by atoms with Crippen LogP contribution in [0.25, 0.3) is 0 Å². The summed E-state index contributed by atoms with van der Waals surface area (Å²) in [5, 5.41) is 10.0. The summed E-state index contributed by atoms with van der Waals surface area (Å²) in [5.41, 5.74) is 1.08. The fraction of sp³-hybridized carbons (Fsp3) is 0.500. The molecule has 102 valence electrons. The molecule has 2 fully saturated rings. The molecule has 1 amide bonds. The maximum Gasteiger partial charge on any atom is 0.254 e. The van der Waals surface area contributed by atoms with E-state index in [1.165, 1.54) is 0 Å². The number of carbonyl (C=O) groups excluding carboxylic acids is 1. The van der Waals surface area contributed by atoms with E-state index in [9.17, 15) is 9.90 Å². The summed E-state index contributed by atoms with van der Waals surface area (Å²) in [6.45, 7) is 0.551. The number of aliphatic hydroxyl groups is 1. The van der Waals surface area contributed by atoms with Gasteiger partial charge < -0.3 is 14.7 Å². The molecule has 1 N–H and O–H groups in total. The third-order valence-electron chi connectivity index (χ3n) is 3.85. The number of ether oxygens (including phenoxy) is 1. The van der Waals surface area contributed by atoms with Crippen molar-refractivity contribution in [2.75, 3.05) is 4.43 Å². The highest BCUT2D eigenvalue weighted by Crippen LogP contribution is 2.35. The molecule has 1 aromatic rings. The summed E-state index contributed by atoms with van der Waals surface area (Å²) in [6, 6.07) is 9.89. The molecule has 0 bridgehead atoms. The zero-order valence-corrected chi connectivity index (χ0v) is 12.6. The molecule has 0 aromatic heterocycles. The highest BCUT2D eigenvalue weighted by molar-refractivity contribution is 14.1. The summed E-state index contributed by atoms with van der Waals surface area (Å²) >= 11 is 2.28. The molecule has 2 heterocycles. The number of likely N-dealkylation sites (tertiary alicyclic amines) is 1. The topological polar surface area (TPSA) is 49.8 Å². The van der Waals surface area contributed by atoms with Gasteiger partial charge in [0.2, 0.25) is 0 Å². The fourth-order valence-corrected chi connectivity index (χ4v) is 3.48. The Morgan fingerprint density at radius 3 is 2.79 bits per heavy atom. The molecule has 4 nitrogen and oxygen atoms in total. The van der Waals surface area contributed by atoms with E-state index in [-0.39, 0.29) is 24.2 Å². The summed E-state index contributed by atoms with van der Waals surface area (Å²) in [4.78, 5) is 13.9. The number of rotatable bonds is 3. The first-order valence-corrected chi connectivity index (χ1v) is 7.97. The lowest BCUT2D eigenvalue weighted by Gasteiger charge is -2.22. The standard InChI is InChI=1S/C14H16INO3/c15-7-10-6-11-13(19-10)12(17)14(18)16(11)8-9-4-2-1-3-5-9/h1-5,10-13,17H,6-8H2. The normalized spacial score (nSPS) is 33.8. The third-order valence-corrected chi connectivity index (χ3v) is 4.83. The van der Waals surface area contributed by atoms with Crippen molar-refractivity contribution in [1.29, 1.82) is 0 Å². The molecule has 2 saturated heterocycles. The van der Waals surface area contributed by atoms with Gasteiger partial charge in [0.15, 0.2) is 6.10 Å². The Morgan fingerprint density at radius 1 is 1.37 bits per heavy atom. The maximum atomic E-state index is 12.1. The van der Waals surface area contributed by atoms with E-state index in [1.54, 1.807) is 4.90 Å². The van der Waals surface area contributed by atoms with E-state index < -0.39 is 6.10 Å². The van der Waals surface area contributed by atoms with Gasteiger partial charge in [-0.2, -0.15) is 0 Å². The smallest absolute Gasteiger partial charge is 0.254 e. The van der Waals surface area contributed by atoms with Crippen molar-refractivity contribution in [3.05, 3.63) is 35.9 Å². The van der Waals surface area contributed by atoms with E-state index in [4.69, 9.17) is 4.74 Å². The number of hydrogen-bond donors (Lipinski definition) is 1. The Hall–Kier alpha value is -0.660. The first-order chi connectivity index (χ1) is 9.20. The lowest BCUT2D eigenvalue weighted by atomic mass is 10.1. The summed E-state index contributed by atoms with van der Waals surface area (Å²) in [5.74, 6) is -0.203. The number of nitrogens with zero attached hydrogens (tertiary/aromatic N) is 1. The molecule has 0 aliphatic carbocycles. The first-order valence-electron chi connectivity index (χ1n) is 6.44. The van der Waals surface area contributed by atoms with Crippen LogP contribution < -0.4 is 0 Å². The van der Waals surface area contributed by atoms with Gasteiger partial charge in [-0.05, 0) is 12.0 Å². The molecule has 0 radical (unpaired) electrons. The molecule has 4 unspecified atom stereocenters. The van der Waals surface area contributed by atoms with Crippen molar-refractivity contribution in [1.82, 2.24) is 4.90 Å². The van der Waals surface area contributed by atoms with Crippen LogP contribution >= 0.6 is 22.6 Å². The fourth-order valence-electron chi connectivity index (χ4n) is 2.91. The Kier molecular flexibility index (Phi) is 3.77. The van der Waals surface area contributed by atoms with Gasteiger partial charge in [-0.1, -0.05) is 52.9 Å². The molecule has 0 saturated carbocycles. The Labute approximate surface area is 125 Å². The van der Waals surface area contributed by atoms with Gasteiger partial charge >= 0.3 is 0 Å². The lowest BCUT2D eigenvalue weighted by molar-refractivity contribution is -0.138. The number of carbonyl (C=O) groups is 1. The van der Waals surface area contributed by atoms with Crippen LogP contribution in [0.3, 0.4) is 0 Å². The molecule has 2 aliphatic heterocycles. The van der Waals surface area contributed by atoms with Crippen LogP contribution in [0.15, 0.2) is 30.3 Å². The number of halogens is 1. The third kappa shape index (κ3) is 2.39. The van der Waals surface area contributed by atoms with Crippen LogP contribution in [0.4, 0.5) is 0 Å². The van der Waals surface area contributed by atoms with Crippen LogP contribution in [-0.4, -0.2) is 44.7 Å². The minimum absolute atomic E-state index is 0.0162. The Balaban J connectivity index is 1.79.